The molecule has 2 aromatic carbocycles. The second-order valence-electron chi connectivity index (χ2n) is 9.28. The summed E-state index contributed by atoms with van der Waals surface area (Å²) in [7, 11) is 0. The molecule has 0 saturated heterocycles. The smallest absolute Gasteiger partial charge is 0.244 e. The third-order valence-corrected chi connectivity index (χ3v) is 6.77. The Labute approximate surface area is 204 Å². The number of hydrogen-bond donors (Lipinski definition) is 1. The zero-order chi connectivity index (χ0) is 24.5. The van der Waals surface area contributed by atoms with Crippen molar-refractivity contribution in [3.63, 3.8) is 0 Å². The molecule has 1 aromatic heterocycles. The number of amides is 2. The number of anilines is 2. The van der Waals surface area contributed by atoms with Crippen molar-refractivity contribution >= 4 is 35.0 Å². The van der Waals surface area contributed by atoms with E-state index >= 15 is 0 Å². The molecule has 0 spiro atoms. The number of aromatic nitrogens is 3. The summed E-state index contributed by atoms with van der Waals surface area (Å²) in [6.45, 7) is 12.7. The Hall–Kier alpha value is -3.39. The van der Waals surface area contributed by atoms with E-state index in [2.05, 4.69) is 67.1 Å². The zero-order valence-corrected chi connectivity index (χ0v) is 20.7. The summed E-state index contributed by atoms with van der Waals surface area (Å²) in [6.07, 6.45) is 1.79. The Bertz CT molecular complexity index is 1230. The van der Waals surface area contributed by atoms with Crippen LogP contribution in [-0.4, -0.2) is 38.4 Å². The number of carbonyl (C=O) groups excluding carboxylic acids is 2. The largest absolute Gasteiger partial charge is 0.323 e. The number of fused-ring (bicyclic) bond motifs is 1. The van der Waals surface area contributed by atoms with E-state index in [0.29, 0.717) is 23.1 Å². The Balaban J connectivity index is 1.58. The van der Waals surface area contributed by atoms with E-state index in [-0.39, 0.29) is 23.8 Å². The van der Waals surface area contributed by atoms with Crippen molar-refractivity contribution in [3.05, 3.63) is 66.7 Å². The van der Waals surface area contributed by atoms with Crippen molar-refractivity contribution in [3.8, 4) is 11.4 Å². The van der Waals surface area contributed by atoms with E-state index in [9.17, 15) is 9.59 Å². The lowest BCUT2D eigenvalue weighted by atomic mass is 9.87. The molecular formula is C26H29N5O2S. The van der Waals surface area contributed by atoms with Crippen molar-refractivity contribution in [2.24, 2.45) is 0 Å². The number of hydrogen-bond acceptors (Lipinski definition) is 5. The summed E-state index contributed by atoms with van der Waals surface area (Å²) in [5.74, 6) is 0.363. The molecule has 0 radical (unpaired) electrons. The Kier molecular flexibility index (Phi) is 6.61. The number of benzene rings is 2. The molecule has 8 heteroatoms. The first-order chi connectivity index (χ1) is 16.2. The highest BCUT2D eigenvalue weighted by atomic mass is 32.2. The van der Waals surface area contributed by atoms with E-state index in [1.807, 2.05) is 29.7 Å². The number of nitrogens with one attached hydrogen (secondary N) is 1. The predicted octanol–water partition coefficient (Wildman–Crippen LogP) is 4.89. The van der Waals surface area contributed by atoms with Crippen LogP contribution in [0.2, 0.25) is 0 Å². The average molecular weight is 476 g/mol. The summed E-state index contributed by atoms with van der Waals surface area (Å²) >= 11 is 1.33. The molecule has 1 atom stereocenters. The lowest BCUT2D eigenvalue weighted by Crippen LogP contribution is -2.45. The van der Waals surface area contributed by atoms with Gasteiger partial charge in [-0.3, -0.25) is 19.1 Å². The second kappa shape index (κ2) is 9.46. The van der Waals surface area contributed by atoms with Gasteiger partial charge in [-0.05, 0) is 30.0 Å². The maximum absolute atomic E-state index is 13.3. The van der Waals surface area contributed by atoms with Crippen molar-refractivity contribution in [1.29, 1.82) is 0 Å². The van der Waals surface area contributed by atoms with Crippen LogP contribution in [0.25, 0.3) is 11.4 Å². The van der Waals surface area contributed by atoms with E-state index in [1.54, 1.807) is 12.1 Å². The van der Waals surface area contributed by atoms with Crippen LogP contribution in [0.3, 0.4) is 0 Å². The highest BCUT2D eigenvalue weighted by Gasteiger charge is 2.31. The highest BCUT2D eigenvalue weighted by Crippen LogP contribution is 2.33. The number of allylic oxidation sites excluding steroid dienone is 1. The minimum atomic E-state index is -0.470. The highest BCUT2D eigenvalue weighted by molar-refractivity contribution is 8.00. The molecule has 2 amide bonds. The number of thioether (sulfide) groups is 1. The summed E-state index contributed by atoms with van der Waals surface area (Å²) < 4.78 is 1.96. The van der Waals surface area contributed by atoms with E-state index in [1.165, 1.54) is 22.2 Å². The van der Waals surface area contributed by atoms with Gasteiger partial charge < -0.3 is 5.32 Å². The van der Waals surface area contributed by atoms with Gasteiger partial charge in [0.1, 0.15) is 6.54 Å². The van der Waals surface area contributed by atoms with Gasteiger partial charge in [0.15, 0.2) is 11.0 Å². The molecule has 176 valence electrons. The normalized spacial score (nSPS) is 14.4. The fourth-order valence-electron chi connectivity index (χ4n) is 3.86. The molecule has 1 N–H and O–H groups in total. The molecule has 0 aliphatic carbocycles. The summed E-state index contributed by atoms with van der Waals surface area (Å²) in [5, 5.41) is 11.8. The van der Waals surface area contributed by atoms with Crippen LogP contribution in [0.5, 0.6) is 0 Å². The van der Waals surface area contributed by atoms with Gasteiger partial charge in [-0.1, -0.05) is 75.0 Å². The van der Waals surface area contributed by atoms with E-state index in [4.69, 9.17) is 0 Å². The van der Waals surface area contributed by atoms with Gasteiger partial charge in [0.05, 0.1) is 16.6 Å². The molecule has 3 aromatic rings. The van der Waals surface area contributed by atoms with Crippen molar-refractivity contribution in [1.82, 2.24) is 14.8 Å². The first kappa shape index (κ1) is 23.8. The third kappa shape index (κ3) is 4.77. The quantitative estimate of drug-likeness (QED) is 0.405. The molecule has 0 bridgehead atoms. The first-order valence-electron chi connectivity index (χ1n) is 11.2. The first-order valence-corrected chi connectivity index (χ1v) is 12.1. The molecule has 1 aliphatic heterocycles. The van der Waals surface area contributed by atoms with E-state index in [0.717, 1.165) is 11.4 Å². The SMILES string of the molecule is C=CCn1c(SC(C)C(=O)N2CC(=O)Nc3ccccc32)nnc1-c1ccc(C(C)(C)C)cc1. The van der Waals surface area contributed by atoms with Gasteiger partial charge in [-0.25, -0.2) is 0 Å². The van der Waals surface area contributed by atoms with Crippen molar-refractivity contribution in [2.75, 3.05) is 16.8 Å². The fourth-order valence-corrected chi connectivity index (χ4v) is 4.78. The monoisotopic (exact) mass is 475 g/mol. The maximum Gasteiger partial charge on any atom is 0.244 e. The van der Waals surface area contributed by atoms with Crippen LogP contribution in [0.4, 0.5) is 11.4 Å². The van der Waals surface area contributed by atoms with Crippen LogP contribution in [0.1, 0.15) is 33.3 Å². The van der Waals surface area contributed by atoms with Gasteiger partial charge in [0, 0.05) is 12.1 Å². The minimum absolute atomic E-state index is 0.00846. The number of carbonyl (C=O) groups is 2. The number of nitrogens with zero attached hydrogens (tertiary/aromatic N) is 4. The van der Waals surface area contributed by atoms with Crippen LogP contribution in [-0.2, 0) is 21.5 Å². The van der Waals surface area contributed by atoms with Crippen molar-refractivity contribution < 1.29 is 9.59 Å². The number of rotatable bonds is 6. The molecule has 0 fully saturated rings. The van der Waals surface area contributed by atoms with Gasteiger partial charge in [0.2, 0.25) is 11.8 Å². The van der Waals surface area contributed by atoms with Crippen LogP contribution in [0.15, 0.2) is 66.3 Å². The van der Waals surface area contributed by atoms with Gasteiger partial charge >= 0.3 is 0 Å². The molecule has 34 heavy (non-hydrogen) atoms. The molecule has 2 heterocycles. The Morgan fingerprint density at radius 2 is 1.88 bits per heavy atom. The van der Waals surface area contributed by atoms with E-state index < -0.39 is 5.25 Å². The van der Waals surface area contributed by atoms with Crippen LogP contribution in [0, 0.1) is 0 Å². The third-order valence-electron chi connectivity index (χ3n) is 5.70. The predicted molar refractivity (Wildman–Crippen MR) is 137 cm³/mol. The maximum atomic E-state index is 13.3. The number of para-hydroxylation sites is 2. The molecule has 1 unspecified atom stereocenters. The fraction of sp³-hybridized carbons (Fsp3) is 0.308. The lowest BCUT2D eigenvalue weighted by molar-refractivity contribution is -0.121. The molecule has 4 rings (SSSR count). The standard InChI is InChI=1S/C26H29N5O2S/c1-6-15-30-23(18-11-13-19(14-12-18)26(3,4)5)28-29-25(30)34-17(2)24(33)31-16-22(32)27-20-9-7-8-10-21(20)31/h6-14,17H,1,15-16H2,2-5H3,(H,27,32). The Morgan fingerprint density at radius 1 is 1.18 bits per heavy atom. The zero-order valence-electron chi connectivity index (χ0n) is 19.9. The summed E-state index contributed by atoms with van der Waals surface area (Å²) in [6, 6.07) is 15.6. The molecular weight excluding hydrogens is 446 g/mol. The van der Waals surface area contributed by atoms with Gasteiger partial charge in [0.25, 0.3) is 0 Å². The Morgan fingerprint density at radius 3 is 2.56 bits per heavy atom. The average Bonchev–Trinajstić information content (AvgIpc) is 3.19. The second-order valence-corrected chi connectivity index (χ2v) is 10.6. The molecule has 7 nitrogen and oxygen atoms in total. The van der Waals surface area contributed by atoms with Crippen molar-refractivity contribution in [2.45, 2.75) is 50.1 Å². The van der Waals surface area contributed by atoms with Crippen LogP contribution < -0.4 is 10.2 Å². The van der Waals surface area contributed by atoms with Crippen LogP contribution >= 0.6 is 11.8 Å². The molecule has 1 aliphatic rings. The molecule has 0 saturated carbocycles. The summed E-state index contributed by atoms with van der Waals surface area (Å²) in [4.78, 5) is 27.0. The van der Waals surface area contributed by atoms with Gasteiger partial charge in [-0.2, -0.15) is 0 Å². The lowest BCUT2D eigenvalue weighted by Gasteiger charge is -2.30. The topological polar surface area (TPSA) is 80.1 Å². The van der Waals surface area contributed by atoms with Gasteiger partial charge in [-0.15, -0.1) is 16.8 Å². The minimum Gasteiger partial charge on any atom is -0.323 e. The summed E-state index contributed by atoms with van der Waals surface area (Å²) in [5.41, 5.74) is 3.60.